The van der Waals surface area contributed by atoms with Gasteiger partial charge >= 0.3 is 0 Å². The van der Waals surface area contributed by atoms with E-state index >= 15 is 0 Å². The minimum atomic E-state index is -0.0286. The third-order valence-electron chi connectivity index (χ3n) is 3.02. The van der Waals surface area contributed by atoms with Crippen LogP contribution >= 0.6 is 0 Å². The molecule has 1 aromatic carbocycles. The van der Waals surface area contributed by atoms with E-state index in [1.807, 2.05) is 30.4 Å². The van der Waals surface area contributed by atoms with Crippen LogP contribution in [-0.4, -0.2) is 12.5 Å². The van der Waals surface area contributed by atoms with Crippen molar-refractivity contribution in [2.24, 2.45) is 0 Å². The molecule has 0 atom stereocenters. The summed E-state index contributed by atoms with van der Waals surface area (Å²) >= 11 is 0. The monoisotopic (exact) mass is 271 g/mol. The van der Waals surface area contributed by atoms with Crippen LogP contribution in [0, 0.1) is 0 Å². The van der Waals surface area contributed by atoms with Crippen molar-refractivity contribution >= 4 is 5.91 Å². The number of rotatable bonds is 9. The molecule has 108 valence electrons. The van der Waals surface area contributed by atoms with E-state index in [9.17, 15) is 4.79 Å². The Morgan fingerprint density at radius 1 is 1.15 bits per heavy atom. The second-order valence-corrected chi connectivity index (χ2v) is 4.81. The van der Waals surface area contributed by atoms with Crippen molar-refractivity contribution in [2.75, 3.05) is 6.54 Å². The fourth-order valence-electron chi connectivity index (χ4n) is 1.86. The number of unbranched alkanes of at least 4 members (excludes halogenated alkanes) is 3. The van der Waals surface area contributed by atoms with Gasteiger partial charge in [0.05, 0.1) is 0 Å². The van der Waals surface area contributed by atoms with E-state index in [-0.39, 0.29) is 5.91 Å². The van der Waals surface area contributed by atoms with Gasteiger partial charge in [0, 0.05) is 12.6 Å². The number of hydrogen-bond acceptors (Lipinski definition) is 1. The van der Waals surface area contributed by atoms with Gasteiger partial charge in [0.1, 0.15) is 0 Å². The third-order valence-corrected chi connectivity index (χ3v) is 3.02. The Balaban J connectivity index is 2.10. The number of nitrogens with one attached hydrogen (secondary N) is 1. The van der Waals surface area contributed by atoms with Crippen molar-refractivity contribution in [3.63, 3.8) is 0 Å². The van der Waals surface area contributed by atoms with Crippen LogP contribution in [0.1, 0.15) is 38.2 Å². The average molecular weight is 271 g/mol. The molecule has 0 aliphatic heterocycles. The maximum absolute atomic E-state index is 11.5. The number of allylic oxidation sites excluding steroid dienone is 3. The number of carbonyl (C=O) groups is 1. The van der Waals surface area contributed by atoms with Gasteiger partial charge in [0.2, 0.25) is 5.91 Å². The van der Waals surface area contributed by atoms with Crippen molar-refractivity contribution < 1.29 is 4.79 Å². The molecular weight excluding hydrogens is 246 g/mol. The number of hydrogen-bond donors (Lipinski definition) is 1. The van der Waals surface area contributed by atoms with Crippen LogP contribution in [0.3, 0.4) is 0 Å². The van der Waals surface area contributed by atoms with Gasteiger partial charge in [-0.15, -0.1) is 0 Å². The molecule has 0 radical (unpaired) electrons. The van der Waals surface area contributed by atoms with Crippen LogP contribution in [0.4, 0.5) is 0 Å². The number of amides is 1. The summed E-state index contributed by atoms with van der Waals surface area (Å²) < 4.78 is 0. The molecule has 1 amide bonds. The van der Waals surface area contributed by atoms with Gasteiger partial charge in [0.25, 0.3) is 0 Å². The van der Waals surface area contributed by atoms with Gasteiger partial charge < -0.3 is 5.32 Å². The minimum Gasteiger partial charge on any atom is -0.352 e. The summed E-state index contributed by atoms with van der Waals surface area (Å²) in [5.41, 5.74) is 1.24. The van der Waals surface area contributed by atoms with E-state index in [0.29, 0.717) is 6.54 Å². The van der Waals surface area contributed by atoms with Crippen LogP contribution < -0.4 is 5.32 Å². The Morgan fingerprint density at radius 2 is 1.95 bits per heavy atom. The van der Waals surface area contributed by atoms with E-state index in [0.717, 1.165) is 12.8 Å². The number of carbonyl (C=O) groups excluding carboxylic acids is 1. The highest BCUT2D eigenvalue weighted by atomic mass is 16.1. The molecule has 1 rings (SSSR count). The quantitative estimate of drug-likeness (QED) is 0.410. The van der Waals surface area contributed by atoms with E-state index in [1.54, 1.807) is 6.08 Å². The maximum atomic E-state index is 11.5. The SMILES string of the molecule is CCCCCC=CC=CC(=O)NCCc1ccccc1. The van der Waals surface area contributed by atoms with Crippen LogP contribution in [0.25, 0.3) is 0 Å². The Hall–Kier alpha value is -1.83. The number of benzene rings is 1. The first-order valence-corrected chi connectivity index (χ1v) is 7.48. The predicted molar refractivity (Wildman–Crippen MR) is 85.6 cm³/mol. The highest BCUT2D eigenvalue weighted by Gasteiger charge is 1.94. The first-order valence-electron chi connectivity index (χ1n) is 7.48. The highest BCUT2D eigenvalue weighted by molar-refractivity contribution is 5.87. The lowest BCUT2D eigenvalue weighted by atomic mass is 10.1. The van der Waals surface area contributed by atoms with E-state index in [1.165, 1.54) is 24.8 Å². The smallest absolute Gasteiger partial charge is 0.243 e. The van der Waals surface area contributed by atoms with E-state index in [4.69, 9.17) is 0 Å². The van der Waals surface area contributed by atoms with Crippen molar-refractivity contribution in [1.82, 2.24) is 5.32 Å². The van der Waals surface area contributed by atoms with Gasteiger partial charge in [-0.05, 0) is 24.8 Å². The second kappa shape index (κ2) is 11.0. The standard InChI is InChI=1S/C18H25NO/c1-2-3-4-5-6-7-11-14-18(20)19-16-15-17-12-9-8-10-13-17/h6-14H,2-5,15-16H2,1H3,(H,19,20). The lowest BCUT2D eigenvalue weighted by Gasteiger charge is -2.01. The maximum Gasteiger partial charge on any atom is 0.243 e. The summed E-state index contributed by atoms with van der Waals surface area (Å²) in [6.45, 7) is 2.87. The van der Waals surface area contributed by atoms with Crippen LogP contribution in [0.15, 0.2) is 54.6 Å². The van der Waals surface area contributed by atoms with Crippen LogP contribution in [-0.2, 0) is 11.2 Å². The summed E-state index contributed by atoms with van der Waals surface area (Å²) in [5, 5.41) is 2.88. The Kier molecular flexibility index (Phi) is 8.95. The van der Waals surface area contributed by atoms with Crippen molar-refractivity contribution in [3.05, 3.63) is 60.2 Å². The second-order valence-electron chi connectivity index (χ2n) is 4.81. The lowest BCUT2D eigenvalue weighted by molar-refractivity contribution is -0.116. The zero-order valence-electron chi connectivity index (χ0n) is 12.3. The molecule has 0 saturated carbocycles. The fourth-order valence-corrected chi connectivity index (χ4v) is 1.86. The van der Waals surface area contributed by atoms with Crippen molar-refractivity contribution in [3.8, 4) is 0 Å². The molecule has 0 unspecified atom stereocenters. The first kappa shape index (κ1) is 16.2. The van der Waals surface area contributed by atoms with Crippen molar-refractivity contribution in [1.29, 1.82) is 0 Å². The summed E-state index contributed by atoms with van der Waals surface area (Å²) in [4.78, 5) is 11.5. The molecule has 0 aromatic heterocycles. The molecule has 1 N–H and O–H groups in total. The Bertz CT molecular complexity index is 420. The average Bonchev–Trinajstić information content (AvgIpc) is 2.47. The largest absolute Gasteiger partial charge is 0.352 e. The van der Waals surface area contributed by atoms with Gasteiger partial charge in [-0.2, -0.15) is 0 Å². The summed E-state index contributed by atoms with van der Waals surface area (Å²) in [6, 6.07) is 10.2. The van der Waals surface area contributed by atoms with E-state index in [2.05, 4.69) is 30.4 Å². The lowest BCUT2D eigenvalue weighted by Crippen LogP contribution is -2.23. The Labute approximate surface area is 122 Å². The zero-order chi connectivity index (χ0) is 14.5. The topological polar surface area (TPSA) is 29.1 Å². The Morgan fingerprint density at radius 3 is 2.70 bits per heavy atom. The van der Waals surface area contributed by atoms with Crippen molar-refractivity contribution in [2.45, 2.75) is 39.0 Å². The normalized spacial score (nSPS) is 11.2. The molecule has 20 heavy (non-hydrogen) atoms. The molecule has 0 aliphatic carbocycles. The summed E-state index contributed by atoms with van der Waals surface area (Å²) in [6.07, 6.45) is 13.2. The molecule has 0 heterocycles. The molecule has 0 aliphatic rings. The molecule has 2 nitrogen and oxygen atoms in total. The molecular formula is C18H25NO. The predicted octanol–water partition coefficient (Wildman–Crippen LogP) is 4.04. The molecule has 0 bridgehead atoms. The molecule has 2 heteroatoms. The summed E-state index contributed by atoms with van der Waals surface area (Å²) in [7, 11) is 0. The van der Waals surface area contributed by atoms with Gasteiger partial charge in [0.15, 0.2) is 0 Å². The molecule has 0 saturated heterocycles. The highest BCUT2D eigenvalue weighted by Crippen LogP contribution is 1.99. The van der Waals surface area contributed by atoms with Gasteiger partial charge in [-0.1, -0.05) is 68.3 Å². The molecule has 0 spiro atoms. The zero-order valence-corrected chi connectivity index (χ0v) is 12.3. The minimum absolute atomic E-state index is 0.0286. The molecule has 1 aromatic rings. The van der Waals surface area contributed by atoms with Crippen LogP contribution in [0.2, 0.25) is 0 Å². The fraction of sp³-hybridized carbons (Fsp3) is 0.389. The summed E-state index contributed by atoms with van der Waals surface area (Å²) in [5.74, 6) is -0.0286. The van der Waals surface area contributed by atoms with Gasteiger partial charge in [-0.3, -0.25) is 4.79 Å². The van der Waals surface area contributed by atoms with E-state index < -0.39 is 0 Å². The molecule has 0 fully saturated rings. The third kappa shape index (κ3) is 8.30. The van der Waals surface area contributed by atoms with Crippen LogP contribution in [0.5, 0.6) is 0 Å². The van der Waals surface area contributed by atoms with Gasteiger partial charge in [-0.25, -0.2) is 0 Å². The first-order chi connectivity index (χ1) is 9.83.